The van der Waals surface area contributed by atoms with Crippen LogP contribution in [-0.4, -0.2) is 22.2 Å². The molecule has 0 saturated heterocycles. The average Bonchev–Trinajstić information content (AvgIpc) is 3.20. The first-order chi connectivity index (χ1) is 12.9. The van der Waals surface area contributed by atoms with Crippen molar-refractivity contribution in [1.82, 2.24) is 15.1 Å². The molecule has 1 N–H and O–H groups in total. The first kappa shape index (κ1) is 19.8. The van der Waals surface area contributed by atoms with Crippen molar-refractivity contribution in [2.45, 2.75) is 19.9 Å². The number of hydrogen-bond acceptors (Lipinski definition) is 3. The summed E-state index contributed by atoms with van der Waals surface area (Å²) < 4.78 is 28.3. The molecule has 0 spiro atoms. The Morgan fingerprint density at radius 2 is 2.04 bits per heavy atom. The summed E-state index contributed by atoms with van der Waals surface area (Å²) in [7, 11) is 0. The zero-order chi connectivity index (χ0) is 19.6. The molecule has 1 aromatic carbocycles. The first-order valence-corrected chi connectivity index (χ1v) is 9.71. The maximum Gasteiger partial charge on any atom is 0.261 e. The van der Waals surface area contributed by atoms with Crippen LogP contribution in [0, 0.1) is 11.6 Å². The molecule has 0 atom stereocenters. The summed E-state index contributed by atoms with van der Waals surface area (Å²) in [6, 6.07) is 5.35. The molecule has 2 aromatic heterocycles. The second-order valence-corrected chi connectivity index (χ2v) is 7.77. The van der Waals surface area contributed by atoms with Gasteiger partial charge in [0.25, 0.3) is 5.91 Å². The SMILES string of the molecule is CCn1ncc(Cl)c1-c1cc(C(=O)NCCc2ccc(F)c(F)c2)sc1Cl. The van der Waals surface area contributed by atoms with Gasteiger partial charge in [0.05, 0.1) is 21.8 Å². The maximum atomic E-state index is 13.2. The van der Waals surface area contributed by atoms with Gasteiger partial charge < -0.3 is 5.32 Å². The zero-order valence-electron chi connectivity index (χ0n) is 14.2. The fourth-order valence-corrected chi connectivity index (χ4v) is 4.05. The first-order valence-electron chi connectivity index (χ1n) is 8.13. The number of aromatic nitrogens is 2. The smallest absolute Gasteiger partial charge is 0.261 e. The molecule has 0 aliphatic heterocycles. The van der Waals surface area contributed by atoms with Gasteiger partial charge in [-0.25, -0.2) is 8.78 Å². The molecule has 4 nitrogen and oxygen atoms in total. The number of rotatable bonds is 6. The molecule has 3 rings (SSSR count). The maximum absolute atomic E-state index is 13.2. The molecule has 0 radical (unpaired) electrons. The summed E-state index contributed by atoms with van der Waals surface area (Å²) in [5.41, 5.74) is 1.91. The highest BCUT2D eigenvalue weighted by atomic mass is 35.5. The van der Waals surface area contributed by atoms with Crippen LogP contribution in [-0.2, 0) is 13.0 Å². The predicted octanol–water partition coefficient (Wildman–Crippen LogP) is 5.19. The zero-order valence-corrected chi connectivity index (χ0v) is 16.6. The topological polar surface area (TPSA) is 46.9 Å². The Labute approximate surface area is 168 Å². The molecule has 0 bridgehead atoms. The summed E-state index contributed by atoms with van der Waals surface area (Å²) in [6.07, 6.45) is 1.92. The normalized spacial score (nSPS) is 11.0. The summed E-state index contributed by atoms with van der Waals surface area (Å²) >= 11 is 13.6. The molecule has 0 aliphatic rings. The standard InChI is InChI=1S/C18H15Cl2F2N3OS/c1-2-25-16(12(19)9-24-25)11-8-15(27-17(11)20)18(26)23-6-5-10-3-4-13(21)14(22)7-10/h3-4,7-9H,2,5-6H2,1H3,(H,23,26). The van der Waals surface area contributed by atoms with Gasteiger partial charge in [0.2, 0.25) is 0 Å². The van der Waals surface area contributed by atoms with E-state index < -0.39 is 11.6 Å². The van der Waals surface area contributed by atoms with Gasteiger partial charge in [-0.05, 0) is 37.1 Å². The number of amides is 1. The monoisotopic (exact) mass is 429 g/mol. The number of halogens is 4. The summed E-state index contributed by atoms with van der Waals surface area (Å²) in [6.45, 7) is 2.82. The minimum absolute atomic E-state index is 0.280. The van der Waals surface area contributed by atoms with Crippen molar-refractivity contribution in [2.75, 3.05) is 6.54 Å². The lowest BCUT2D eigenvalue weighted by molar-refractivity contribution is 0.0958. The van der Waals surface area contributed by atoms with Crippen LogP contribution in [0.4, 0.5) is 8.78 Å². The van der Waals surface area contributed by atoms with E-state index in [9.17, 15) is 13.6 Å². The Balaban J connectivity index is 1.69. The van der Waals surface area contributed by atoms with Gasteiger partial charge in [-0.3, -0.25) is 9.48 Å². The summed E-state index contributed by atoms with van der Waals surface area (Å²) in [4.78, 5) is 12.8. The van der Waals surface area contributed by atoms with E-state index in [2.05, 4.69) is 10.4 Å². The lowest BCUT2D eigenvalue weighted by Crippen LogP contribution is -2.24. The Hall–Kier alpha value is -1.96. The van der Waals surface area contributed by atoms with Crippen molar-refractivity contribution in [1.29, 1.82) is 0 Å². The summed E-state index contributed by atoms with van der Waals surface area (Å²) in [5.74, 6) is -2.10. The fourth-order valence-electron chi connectivity index (χ4n) is 2.61. The molecular formula is C18H15Cl2F2N3OS. The third kappa shape index (κ3) is 4.31. The van der Waals surface area contributed by atoms with Gasteiger partial charge in [0.15, 0.2) is 11.6 Å². The van der Waals surface area contributed by atoms with Crippen molar-refractivity contribution >= 4 is 40.4 Å². The Morgan fingerprint density at radius 1 is 1.26 bits per heavy atom. The molecule has 0 saturated carbocycles. The fraction of sp³-hybridized carbons (Fsp3) is 0.222. The lowest BCUT2D eigenvalue weighted by Gasteiger charge is -2.05. The molecular weight excluding hydrogens is 415 g/mol. The largest absolute Gasteiger partial charge is 0.351 e. The van der Waals surface area contributed by atoms with Crippen LogP contribution in [0.15, 0.2) is 30.5 Å². The predicted molar refractivity (Wildman–Crippen MR) is 104 cm³/mol. The van der Waals surface area contributed by atoms with Crippen molar-refractivity contribution in [3.8, 4) is 11.3 Å². The Kier molecular flexibility index (Phi) is 6.14. The van der Waals surface area contributed by atoms with Gasteiger partial charge in [-0.2, -0.15) is 5.10 Å². The van der Waals surface area contributed by atoms with Crippen LogP contribution < -0.4 is 5.32 Å². The highest BCUT2D eigenvalue weighted by Crippen LogP contribution is 2.38. The van der Waals surface area contributed by atoms with Gasteiger partial charge in [-0.15, -0.1) is 11.3 Å². The molecule has 27 heavy (non-hydrogen) atoms. The molecule has 0 aliphatic carbocycles. The van der Waals surface area contributed by atoms with Crippen LogP contribution >= 0.6 is 34.5 Å². The molecule has 1 amide bonds. The van der Waals surface area contributed by atoms with E-state index in [4.69, 9.17) is 23.2 Å². The van der Waals surface area contributed by atoms with E-state index in [0.717, 1.165) is 23.5 Å². The number of carbonyl (C=O) groups excluding carboxylic acids is 1. The van der Waals surface area contributed by atoms with E-state index in [1.54, 1.807) is 10.7 Å². The second kappa shape index (κ2) is 8.37. The van der Waals surface area contributed by atoms with E-state index in [0.29, 0.717) is 44.0 Å². The minimum Gasteiger partial charge on any atom is -0.351 e. The Bertz CT molecular complexity index is 987. The van der Waals surface area contributed by atoms with E-state index in [1.165, 1.54) is 12.3 Å². The highest BCUT2D eigenvalue weighted by molar-refractivity contribution is 7.18. The molecule has 9 heteroatoms. The van der Waals surface area contributed by atoms with E-state index in [-0.39, 0.29) is 12.5 Å². The molecule has 2 heterocycles. The number of carbonyl (C=O) groups is 1. The Morgan fingerprint density at radius 3 is 2.74 bits per heavy atom. The third-order valence-corrected chi connectivity index (χ3v) is 5.58. The van der Waals surface area contributed by atoms with Gasteiger partial charge in [0, 0.05) is 18.7 Å². The van der Waals surface area contributed by atoms with Crippen LogP contribution in [0.1, 0.15) is 22.2 Å². The minimum atomic E-state index is -0.905. The van der Waals surface area contributed by atoms with Crippen LogP contribution in [0.25, 0.3) is 11.3 Å². The van der Waals surface area contributed by atoms with Crippen LogP contribution in [0.2, 0.25) is 9.36 Å². The number of hydrogen-bond donors (Lipinski definition) is 1. The average molecular weight is 430 g/mol. The number of aryl methyl sites for hydroxylation is 1. The van der Waals surface area contributed by atoms with Crippen molar-refractivity contribution in [2.24, 2.45) is 0 Å². The number of nitrogens with zero attached hydrogens (tertiary/aromatic N) is 2. The van der Waals surface area contributed by atoms with E-state index >= 15 is 0 Å². The van der Waals surface area contributed by atoms with Gasteiger partial charge in [0.1, 0.15) is 4.34 Å². The number of benzene rings is 1. The van der Waals surface area contributed by atoms with Crippen molar-refractivity contribution in [3.05, 3.63) is 61.9 Å². The summed E-state index contributed by atoms with van der Waals surface area (Å²) in [5, 5.41) is 7.39. The molecule has 3 aromatic rings. The molecule has 0 unspecified atom stereocenters. The van der Waals surface area contributed by atoms with Crippen LogP contribution in [0.5, 0.6) is 0 Å². The molecule has 142 valence electrons. The third-order valence-electron chi connectivity index (χ3n) is 3.94. The quantitative estimate of drug-likeness (QED) is 0.585. The highest BCUT2D eigenvalue weighted by Gasteiger charge is 2.19. The van der Waals surface area contributed by atoms with Gasteiger partial charge >= 0.3 is 0 Å². The van der Waals surface area contributed by atoms with E-state index in [1.807, 2.05) is 6.92 Å². The lowest BCUT2D eigenvalue weighted by atomic mass is 10.1. The van der Waals surface area contributed by atoms with Crippen LogP contribution in [0.3, 0.4) is 0 Å². The number of nitrogens with one attached hydrogen (secondary N) is 1. The molecule has 0 fully saturated rings. The second-order valence-electron chi connectivity index (χ2n) is 5.71. The van der Waals surface area contributed by atoms with Crippen molar-refractivity contribution < 1.29 is 13.6 Å². The van der Waals surface area contributed by atoms with Crippen molar-refractivity contribution in [3.63, 3.8) is 0 Å². The van der Waals surface area contributed by atoms with Gasteiger partial charge in [-0.1, -0.05) is 29.3 Å². The number of thiophene rings is 1.